The van der Waals surface area contributed by atoms with Crippen LogP contribution in [-0.4, -0.2) is 83.9 Å². The molecule has 0 atom stereocenters. The minimum Gasteiger partial charge on any atom is -0.368 e. The van der Waals surface area contributed by atoms with Crippen LogP contribution < -0.4 is 16.0 Å². The molecule has 2 aromatic rings. The summed E-state index contributed by atoms with van der Waals surface area (Å²) in [6.45, 7) is 9.75. The van der Waals surface area contributed by atoms with Crippen molar-refractivity contribution in [1.82, 2.24) is 25.1 Å². The van der Waals surface area contributed by atoms with E-state index in [0.717, 1.165) is 38.3 Å². The van der Waals surface area contributed by atoms with Crippen LogP contribution in [0.3, 0.4) is 0 Å². The maximum atomic E-state index is 12.6. The number of nitrogens with zero attached hydrogens (tertiary/aromatic N) is 4. The number of rotatable bonds is 9. The van der Waals surface area contributed by atoms with Gasteiger partial charge in [0.15, 0.2) is 5.82 Å². The number of aromatic nitrogens is 2. The third-order valence-corrected chi connectivity index (χ3v) is 5.11. The second-order valence-electron chi connectivity index (χ2n) is 7.50. The molecule has 0 radical (unpaired) electrons. The van der Waals surface area contributed by atoms with Gasteiger partial charge in [-0.2, -0.15) is 0 Å². The predicted octanol–water partition coefficient (Wildman–Crippen LogP) is 1.27. The number of carbonyl (C=O) groups excluding carboxylic acids is 2. The van der Waals surface area contributed by atoms with Crippen LogP contribution in [0.25, 0.3) is 11.4 Å². The lowest BCUT2D eigenvalue weighted by atomic mass is 10.2. The van der Waals surface area contributed by atoms with Gasteiger partial charge in [0, 0.05) is 57.8 Å². The van der Waals surface area contributed by atoms with Crippen molar-refractivity contribution in [2.24, 2.45) is 0 Å². The normalized spacial score (nSPS) is 14.8. The first-order chi connectivity index (χ1) is 15.0. The zero-order valence-electron chi connectivity index (χ0n) is 18.2. The zero-order chi connectivity index (χ0) is 22.1. The van der Waals surface area contributed by atoms with Gasteiger partial charge in [0.1, 0.15) is 11.6 Å². The van der Waals surface area contributed by atoms with Crippen LogP contribution in [0.2, 0.25) is 0 Å². The first-order valence-corrected chi connectivity index (χ1v) is 10.7. The second-order valence-corrected chi connectivity index (χ2v) is 7.50. The fourth-order valence-corrected chi connectivity index (χ4v) is 3.40. The minimum atomic E-state index is -0.0909. The summed E-state index contributed by atoms with van der Waals surface area (Å²) in [6.07, 6.45) is 0. The van der Waals surface area contributed by atoms with Gasteiger partial charge in [-0.05, 0) is 6.54 Å². The number of likely N-dealkylation sites (N-methyl/N-ethyl adjacent to an activating group) is 1. The van der Waals surface area contributed by atoms with Crippen molar-refractivity contribution in [3.63, 3.8) is 0 Å². The van der Waals surface area contributed by atoms with Crippen molar-refractivity contribution >= 4 is 23.5 Å². The maximum absolute atomic E-state index is 12.6. The SMILES string of the molecule is CCN1CCN(CC(=O)Nc2cc(NCCNC(C)=O)nc(-c3ccccc3)n2)CC1. The number of amides is 2. The van der Waals surface area contributed by atoms with Crippen molar-refractivity contribution in [2.75, 3.05) is 63.0 Å². The molecule has 9 nitrogen and oxygen atoms in total. The standard InChI is InChI=1S/C22H31N7O2/c1-3-28-11-13-29(14-12-28)16-21(31)25-20-15-19(24-10-9-23-17(2)30)26-22(27-20)18-7-5-4-6-8-18/h4-8,15H,3,9-14,16H2,1-2H3,(H,23,30)(H2,24,25,26,27,31). The van der Waals surface area contributed by atoms with Crippen molar-refractivity contribution in [3.8, 4) is 11.4 Å². The van der Waals surface area contributed by atoms with Crippen molar-refractivity contribution in [1.29, 1.82) is 0 Å². The number of piperazine rings is 1. The first kappa shape index (κ1) is 22.6. The highest BCUT2D eigenvalue weighted by atomic mass is 16.2. The average Bonchev–Trinajstić information content (AvgIpc) is 2.77. The fourth-order valence-electron chi connectivity index (χ4n) is 3.40. The summed E-state index contributed by atoms with van der Waals surface area (Å²) in [5.41, 5.74) is 0.860. The summed E-state index contributed by atoms with van der Waals surface area (Å²) in [5.74, 6) is 1.39. The molecule has 0 aliphatic carbocycles. The molecule has 0 bridgehead atoms. The Morgan fingerprint density at radius 3 is 2.32 bits per heavy atom. The number of benzene rings is 1. The van der Waals surface area contributed by atoms with Crippen molar-refractivity contribution in [2.45, 2.75) is 13.8 Å². The Balaban J connectivity index is 1.66. The molecular formula is C22H31N7O2. The molecule has 2 amide bonds. The summed E-state index contributed by atoms with van der Waals surface area (Å²) in [6, 6.07) is 11.3. The lowest BCUT2D eigenvalue weighted by Crippen LogP contribution is -2.48. The summed E-state index contributed by atoms with van der Waals surface area (Å²) < 4.78 is 0. The van der Waals surface area contributed by atoms with E-state index in [9.17, 15) is 9.59 Å². The summed E-state index contributed by atoms with van der Waals surface area (Å²) in [5, 5.41) is 8.84. The largest absolute Gasteiger partial charge is 0.368 e. The molecule has 1 saturated heterocycles. The smallest absolute Gasteiger partial charge is 0.239 e. The number of carbonyl (C=O) groups is 2. The van der Waals surface area contributed by atoms with Crippen LogP contribution in [0.1, 0.15) is 13.8 Å². The Bertz CT molecular complexity index is 867. The molecule has 3 rings (SSSR count). The van der Waals surface area contributed by atoms with Crippen molar-refractivity contribution < 1.29 is 9.59 Å². The molecule has 1 aliphatic rings. The van der Waals surface area contributed by atoms with E-state index in [4.69, 9.17) is 0 Å². The van der Waals surface area contributed by atoms with Gasteiger partial charge in [0.2, 0.25) is 11.8 Å². The number of nitrogens with one attached hydrogen (secondary N) is 3. The molecule has 1 aliphatic heterocycles. The van der Waals surface area contributed by atoms with Gasteiger partial charge in [0.05, 0.1) is 6.54 Å². The second kappa shape index (κ2) is 11.4. The lowest BCUT2D eigenvalue weighted by molar-refractivity contribution is -0.119. The van der Waals surface area contributed by atoms with Crippen LogP contribution in [0.4, 0.5) is 11.6 Å². The van der Waals surface area contributed by atoms with E-state index >= 15 is 0 Å². The Labute approximate surface area is 183 Å². The van der Waals surface area contributed by atoms with E-state index in [1.165, 1.54) is 6.92 Å². The van der Waals surface area contributed by atoms with E-state index in [2.05, 4.69) is 42.6 Å². The predicted molar refractivity (Wildman–Crippen MR) is 122 cm³/mol. The molecule has 3 N–H and O–H groups in total. The van der Waals surface area contributed by atoms with E-state index in [-0.39, 0.29) is 11.8 Å². The first-order valence-electron chi connectivity index (χ1n) is 10.7. The molecule has 1 aromatic heterocycles. The highest BCUT2D eigenvalue weighted by Gasteiger charge is 2.18. The molecule has 1 fully saturated rings. The van der Waals surface area contributed by atoms with Gasteiger partial charge in [-0.15, -0.1) is 0 Å². The van der Waals surface area contributed by atoms with Gasteiger partial charge in [0.25, 0.3) is 0 Å². The number of hydrogen-bond donors (Lipinski definition) is 3. The van der Waals surface area contributed by atoms with E-state index in [0.29, 0.717) is 37.1 Å². The molecule has 2 heterocycles. The van der Waals surface area contributed by atoms with Gasteiger partial charge in [-0.25, -0.2) is 9.97 Å². The lowest BCUT2D eigenvalue weighted by Gasteiger charge is -2.33. The van der Waals surface area contributed by atoms with Crippen LogP contribution in [-0.2, 0) is 9.59 Å². The van der Waals surface area contributed by atoms with Crippen molar-refractivity contribution in [3.05, 3.63) is 36.4 Å². The average molecular weight is 426 g/mol. The molecule has 0 saturated carbocycles. The minimum absolute atomic E-state index is 0.0813. The summed E-state index contributed by atoms with van der Waals surface area (Å²) >= 11 is 0. The number of anilines is 2. The van der Waals surface area contributed by atoms with E-state index in [1.54, 1.807) is 6.07 Å². The third-order valence-electron chi connectivity index (χ3n) is 5.11. The van der Waals surface area contributed by atoms with Gasteiger partial charge in [-0.1, -0.05) is 37.3 Å². The van der Waals surface area contributed by atoms with Gasteiger partial charge in [-0.3, -0.25) is 14.5 Å². The molecule has 0 unspecified atom stereocenters. The molecular weight excluding hydrogens is 394 g/mol. The van der Waals surface area contributed by atoms with Crippen LogP contribution in [0, 0.1) is 0 Å². The molecule has 31 heavy (non-hydrogen) atoms. The highest BCUT2D eigenvalue weighted by molar-refractivity contribution is 5.92. The highest BCUT2D eigenvalue weighted by Crippen LogP contribution is 2.20. The molecule has 9 heteroatoms. The zero-order valence-corrected chi connectivity index (χ0v) is 18.2. The van der Waals surface area contributed by atoms with Gasteiger partial charge >= 0.3 is 0 Å². The van der Waals surface area contributed by atoms with Crippen LogP contribution >= 0.6 is 0 Å². The Kier molecular flexibility index (Phi) is 8.31. The molecule has 0 spiro atoms. The quantitative estimate of drug-likeness (QED) is 0.520. The summed E-state index contributed by atoms with van der Waals surface area (Å²) in [7, 11) is 0. The van der Waals surface area contributed by atoms with E-state index < -0.39 is 0 Å². The van der Waals surface area contributed by atoms with Crippen LogP contribution in [0.5, 0.6) is 0 Å². The Morgan fingerprint density at radius 2 is 1.65 bits per heavy atom. The Morgan fingerprint density at radius 1 is 0.968 bits per heavy atom. The molecule has 1 aromatic carbocycles. The van der Waals surface area contributed by atoms with E-state index in [1.807, 2.05) is 30.3 Å². The fraction of sp³-hybridized carbons (Fsp3) is 0.455. The van der Waals surface area contributed by atoms with Gasteiger partial charge < -0.3 is 20.9 Å². The Hall–Kier alpha value is -3.04. The molecule has 166 valence electrons. The number of hydrogen-bond acceptors (Lipinski definition) is 7. The third kappa shape index (κ3) is 7.30. The maximum Gasteiger partial charge on any atom is 0.239 e. The van der Waals surface area contributed by atoms with Crippen LogP contribution in [0.15, 0.2) is 36.4 Å². The summed E-state index contributed by atoms with van der Waals surface area (Å²) in [4.78, 5) is 37.3. The topological polar surface area (TPSA) is 102 Å². The monoisotopic (exact) mass is 425 g/mol.